The van der Waals surface area contributed by atoms with Gasteiger partial charge < -0.3 is 29.9 Å². The minimum Gasteiger partial charge on any atom is -0.507 e. The number of carbonyl (C=O) groups excluding carboxylic acids is 2. The second kappa shape index (κ2) is 9.47. The van der Waals surface area contributed by atoms with Crippen LogP contribution >= 0.6 is 0 Å². The molecule has 4 N–H and O–H groups in total. The number of hydrogen-bond donors (Lipinski definition) is 4. The van der Waals surface area contributed by atoms with Gasteiger partial charge >= 0.3 is 0 Å². The average molecular weight is 451 g/mol. The van der Waals surface area contributed by atoms with Crippen molar-refractivity contribution >= 4 is 12.1 Å². The van der Waals surface area contributed by atoms with E-state index in [-0.39, 0.29) is 35.3 Å². The molecule has 2 fully saturated rings. The van der Waals surface area contributed by atoms with Crippen LogP contribution in [0.5, 0.6) is 11.5 Å². The molecule has 0 radical (unpaired) electrons. The molecule has 8 heteroatoms. The molecule has 0 aliphatic carbocycles. The molecular weight excluding hydrogens is 416 g/mol. The van der Waals surface area contributed by atoms with E-state index in [4.69, 9.17) is 9.47 Å². The van der Waals surface area contributed by atoms with Crippen molar-refractivity contribution in [2.75, 3.05) is 0 Å². The zero-order valence-corrected chi connectivity index (χ0v) is 19.1. The third-order valence-electron chi connectivity index (χ3n) is 6.61. The zero-order chi connectivity index (χ0) is 23.8. The molecule has 1 spiro atoms. The molecule has 0 saturated carbocycles. The molecule has 8 nitrogen and oxygen atoms in total. The standard InChI is InChI=1S/C24H34O8/c1-5-7-14(17-10-18(26)24(23(30)31-17)19(6-2)32-24)21(28)15-9-13(8-12(3)4)20(27)16(11-25)22(15)29/h9,11-12,14,17-19,23,26-27,29-30H,5-8,10H2,1-4H3/t14-,17+,18+,19-,23+,24-/m0/s1. The van der Waals surface area contributed by atoms with Gasteiger partial charge in [0.2, 0.25) is 0 Å². The van der Waals surface area contributed by atoms with Gasteiger partial charge in [-0.2, -0.15) is 0 Å². The van der Waals surface area contributed by atoms with Gasteiger partial charge in [0.05, 0.1) is 29.4 Å². The number of aromatic hydroxyl groups is 2. The molecule has 0 bridgehead atoms. The molecule has 1 aromatic carbocycles. The van der Waals surface area contributed by atoms with Gasteiger partial charge in [-0.25, -0.2) is 0 Å². The van der Waals surface area contributed by atoms with E-state index in [2.05, 4.69) is 0 Å². The number of Topliss-reactive ketones (excluding diaryl/α,β-unsaturated/α-hetero) is 1. The van der Waals surface area contributed by atoms with Crippen LogP contribution in [0.4, 0.5) is 0 Å². The smallest absolute Gasteiger partial charge is 0.189 e. The molecule has 0 unspecified atom stereocenters. The van der Waals surface area contributed by atoms with E-state index in [0.29, 0.717) is 37.5 Å². The second-order valence-corrected chi connectivity index (χ2v) is 9.32. The molecular formula is C24H34O8. The summed E-state index contributed by atoms with van der Waals surface area (Å²) in [7, 11) is 0. The summed E-state index contributed by atoms with van der Waals surface area (Å²) in [6.45, 7) is 7.66. The Morgan fingerprint density at radius 3 is 2.44 bits per heavy atom. The number of rotatable bonds is 9. The van der Waals surface area contributed by atoms with Crippen LogP contribution in [0.15, 0.2) is 6.07 Å². The van der Waals surface area contributed by atoms with Gasteiger partial charge in [-0.05, 0) is 36.8 Å². The highest BCUT2D eigenvalue weighted by Gasteiger charge is 2.68. The van der Waals surface area contributed by atoms with Crippen molar-refractivity contribution in [2.24, 2.45) is 11.8 Å². The predicted octanol–water partition coefficient (Wildman–Crippen LogP) is 2.72. The maximum absolute atomic E-state index is 13.6. The molecule has 2 aliphatic heterocycles. The Hall–Kier alpha value is -2.00. The Labute approximate surface area is 188 Å². The molecule has 178 valence electrons. The van der Waals surface area contributed by atoms with Gasteiger partial charge in [-0.1, -0.05) is 34.1 Å². The number of ketones is 1. The van der Waals surface area contributed by atoms with Gasteiger partial charge in [-0.3, -0.25) is 9.59 Å². The lowest BCUT2D eigenvalue weighted by molar-refractivity contribution is -0.239. The van der Waals surface area contributed by atoms with Crippen LogP contribution in [0.2, 0.25) is 0 Å². The van der Waals surface area contributed by atoms with Crippen molar-refractivity contribution in [3.8, 4) is 11.5 Å². The summed E-state index contributed by atoms with van der Waals surface area (Å²) < 4.78 is 11.3. The highest BCUT2D eigenvalue weighted by Crippen LogP contribution is 2.50. The number of epoxide rings is 1. The highest BCUT2D eigenvalue weighted by atomic mass is 16.7. The summed E-state index contributed by atoms with van der Waals surface area (Å²) in [6, 6.07) is 1.43. The lowest BCUT2D eigenvalue weighted by Crippen LogP contribution is -2.55. The molecule has 2 aliphatic rings. The van der Waals surface area contributed by atoms with Crippen molar-refractivity contribution < 1.29 is 39.5 Å². The SMILES string of the molecule is CCC[C@H](C(=O)c1cc(CC(C)C)c(O)c(C=O)c1O)[C@H]1C[C@@H](O)[C@@]2(O[C@H]2CC)[C@H](O)O1. The van der Waals surface area contributed by atoms with Crippen molar-refractivity contribution in [1.29, 1.82) is 0 Å². The van der Waals surface area contributed by atoms with Crippen molar-refractivity contribution in [1.82, 2.24) is 0 Å². The first-order chi connectivity index (χ1) is 15.1. The van der Waals surface area contributed by atoms with Crippen LogP contribution in [0, 0.1) is 11.8 Å². The lowest BCUT2D eigenvalue weighted by Gasteiger charge is -2.39. The third-order valence-corrected chi connectivity index (χ3v) is 6.61. The Kier molecular flexibility index (Phi) is 7.29. The minimum atomic E-state index is -1.37. The molecule has 6 atom stereocenters. The van der Waals surface area contributed by atoms with Gasteiger partial charge in [0, 0.05) is 12.3 Å². The van der Waals surface area contributed by atoms with Crippen LogP contribution in [0.25, 0.3) is 0 Å². The summed E-state index contributed by atoms with van der Waals surface area (Å²) in [4.78, 5) is 25.1. The topological polar surface area (TPSA) is 137 Å². The summed E-state index contributed by atoms with van der Waals surface area (Å²) >= 11 is 0. The number of phenols is 2. The predicted molar refractivity (Wildman–Crippen MR) is 116 cm³/mol. The average Bonchev–Trinajstić information content (AvgIpc) is 3.48. The number of phenolic OH excluding ortho intramolecular Hbond substituents is 2. The number of carbonyl (C=O) groups is 2. The fourth-order valence-electron chi connectivity index (χ4n) is 4.91. The largest absolute Gasteiger partial charge is 0.507 e. The monoisotopic (exact) mass is 450 g/mol. The molecule has 0 aromatic heterocycles. The first-order valence-electron chi connectivity index (χ1n) is 11.4. The first-order valence-corrected chi connectivity index (χ1v) is 11.4. The number of aldehydes is 1. The van der Waals surface area contributed by atoms with Crippen LogP contribution in [0.3, 0.4) is 0 Å². The van der Waals surface area contributed by atoms with E-state index in [1.54, 1.807) is 0 Å². The van der Waals surface area contributed by atoms with Crippen LogP contribution < -0.4 is 0 Å². The maximum Gasteiger partial charge on any atom is 0.189 e. The van der Waals surface area contributed by atoms with Crippen LogP contribution in [-0.2, 0) is 15.9 Å². The van der Waals surface area contributed by atoms with Gasteiger partial charge in [0.1, 0.15) is 11.5 Å². The fourth-order valence-corrected chi connectivity index (χ4v) is 4.91. The molecule has 0 amide bonds. The second-order valence-electron chi connectivity index (χ2n) is 9.32. The van der Waals surface area contributed by atoms with E-state index >= 15 is 0 Å². The maximum atomic E-state index is 13.6. The summed E-state index contributed by atoms with van der Waals surface area (Å²) in [5.41, 5.74) is -1.14. The number of aliphatic hydroxyl groups excluding tert-OH is 2. The Morgan fingerprint density at radius 2 is 1.94 bits per heavy atom. The van der Waals surface area contributed by atoms with Gasteiger partial charge in [0.25, 0.3) is 0 Å². The molecule has 1 aromatic rings. The molecule has 32 heavy (non-hydrogen) atoms. The van der Waals surface area contributed by atoms with Gasteiger partial charge in [-0.15, -0.1) is 0 Å². The van der Waals surface area contributed by atoms with E-state index in [0.717, 1.165) is 0 Å². The van der Waals surface area contributed by atoms with Crippen LogP contribution in [-0.4, -0.2) is 62.7 Å². The van der Waals surface area contributed by atoms with E-state index in [1.807, 2.05) is 27.7 Å². The van der Waals surface area contributed by atoms with Gasteiger partial charge in [0.15, 0.2) is 24.0 Å². The Morgan fingerprint density at radius 1 is 1.25 bits per heavy atom. The first kappa shape index (κ1) is 24.6. The summed E-state index contributed by atoms with van der Waals surface area (Å²) in [5, 5.41) is 42.3. The summed E-state index contributed by atoms with van der Waals surface area (Å²) in [6.07, 6.45) is -0.969. The van der Waals surface area contributed by atoms with E-state index in [1.165, 1.54) is 6.07 Å². The molecule has 3 rings (SSSR count). The fraction of sp³-hybridized carbons (Fsp3) is 0.667. The third kappa shape index (κ3) is 4.17. The van der Waals surface area contributed by atoms with E-state index in [9.17, 15) is 30.0 Å². The summed E-state index contributed by atoms with van der Waals surface area (Å²) in [5.74, 6) is -1.97. The van der Waals surface area contributed by atoms with Crippen molar-refractivity contribution in [3.63, 3.8) is 0 Å². The van der Waals surface area contributed by atoms with E-state index < -0.39 is 41.5 Å². The number of ether oxygens (including phenoxy) is 2. The zero-order valence-electron chi connectivity index (χ0n) is 19.1. The van der Waals surface area contributed by atoms with Crippen LogP contribution in [0.1, 0.15) is 79.7 Å². The van der Waals surface area contributed by atoms with Crippen molar-refractivity contribution in [2.45, 2.75) is 90.0 Å². The number of aliphatic hydroxyl groups is 2. The Balaban J connectivity index is 1.94. The molecule has 2 heterocycles. The normalized spacial score (nSPS) is 30.5. The quantitative estimate of drug-likeness (QED) is 0.256. The minimum absolute atomic E-state index is 0.0685. The Bertz CT molecular complexity index is 852. The number of benzene rings is 1. The number of hydrogen-bond acceptors (Lipinski definition) is 8. The van der Waals surface area contributed by atoms with Crippen molar-refractivity contribution in [3.05, 3.63) is 22.8 Å². The lowest BCUT2D eigenvalue weighted by atomic mass is 9.80. The molecule has 2 saturated heterocycles. The highest BCUT2D eigenvalue weighted by molar-refractivity contribution is 6.04.